The van der Waals surface area contributed by atoms with Crippen LogP contribution in [0.5, 0.6) is 0 Å². The standard InChI is InChI=1S/C10H14N2O2S/c1-7(2)6-15-10-5-8(11)3-4-9(10)12(13)14/h3-5,7H,6,11H2,1-2H3. The minimum Gasteiger partial charge on any atom is -0.399 e. The molecule has 0 radical (unpaired) electrons. The molecule has 82 valence electrons. The summed E-state index contributed by atoms with van der Waals surface area (Å²) < 4.78 is 0. The second kappa shape index (κ2) is 5.02. The largest absolute Gasteiger partial charge is 0.399 e. The van der Waals surface area contributed by atoms with E-state index in [4.69, 9.17) is 5.73 Å². The molecule has 0 saturated carbocycles. The Hall–Kier alpha value is -1.23. The van der Waals surface area contributed by atoms with Crippen LogP contribution in [0.1, 0.15) is 13.8 Å². The van der Waals surface area contributed by atoms with Gasteiger partial charge in [0, 0.05) is 17.5 Å². The molecule has 0 aliphatic rings. The Morgan fingerprint density at radius 3 is 2.73 bits per heavy atom. The van der Waals surface area contributed by atoms with Crippen LogP contribution in [0.4, 0.5) is 11.4 Å². The molecule has 0 aliphatic carbocycles. The average Bonchev–Trinajstić information content (AvgIpc) is 2.14. The first-order valence-corrected chi connectivity index (χ1v) is 5.66. The fourth-order valence-corrected chi connectivity index (χ4v) is 2.08. The van der Waals surface area contributed by atoms with Gasteiger partial charge in [0.15, 0.2) is 0 Å². The van der Waals surface area contributed by atoms with Gasteiger partial charge in [-0.15, -0.1) is 11.8 Å². The SMILES string of the molecule is CC(C)CSc1cc(N)ccc1[N+](=O)[O-]. The molecule has 0 aliphatic heterocycles. The Morgan fingerprint density at radius 1 is 1.53 bits per heavy atom. The lowest BCUT2D eigenvalue weighted by Crippen LogP contribution is -1.96. The van der Waals surface area contributed by atoms with Crippen LogP contribution in [0.2, 0.25) is 0 Å². The smallest absolute Gasteiger partial charge is 0.283 e. The summed E-state index contributed by atoms with van der Waals surface area (Å²) in [5, 5.41) is 10.7. The van der Waals surface area contributed by atoms with Crippen LogP contribution >= 0.6 is 11.8 Å². The molecule has 0 spiro atoms. The molecule has 0 bridgehead atoms. The summed E-state index contributed by atoms with van der Waals surface area (Å²) >= 11 is 1.48. The Bertz CT molecular complexity index is 366. The lowest BCUT2D eigenvalue weighted by molar-refractivity contribution is -0.387. The van der Waals surface area contributed by atoms with Gasteiger partial charge in [-0.25, -0.2) is 0 Å². The molecule has 0 aromatic heterocycles. The summed E-state index contributed by atoms with van der Waals surface area (Å²) in [7, 11) is 0. The van der Waals surface area contributed by atoms with Crippen molar-refractivity contribution in [2.75, 3.05) is 11.5 Å². The van der Waals surface area contributed by atoms with Gasteiger partial charge < -0.3 is 5.73 Å². The number of hydrogen-bond acceptors (Lipinski definition) is 4. The Kier molecular flexibility index (Phi) is 3.96. The van der Waals surface area contributed by atoms with Crippen molar-refractivity contribution in [3.05, 3.63) is 28.3 Å². The zero-order chi connectivity index (χ0) is 11.4. The minimum absolute atomic E-state index is 0.134. The van der Waals surface area contributed by atoms with E-state index < -0.39 is 0 Å². The molecule has 4 nitrogen and oxygen atoms in total. The number of nitrogens with zero attached hydrogens (tertiary/aromatic N) is 1. The van der Waals surface area contributed by atoms with Crippen LogP contribution in [0.15, 0.2) is 23.1 Å². The normalized spacial score (nSPS) is 10.6. The maximum atomic E-state index is 10.7. The molecule has 5 heteroatoms. The first-order chi connectivity index (χ1) is 7.00. The molecule has 1 rings (SSSR count). The quantitative estimate of drug-likeness (QED) is 0.371. The Labute approximate surface area is 93.0 Å². The second-order valence-corrected chi connectivity index (χ2v) is 4.75. The number of anilines is 1. The molecule has 1 aromatic rings. The number of nitro benzene ring substituents is 1. The summed E-state index contributed by atoms with van der Waals surface area (Å²) in [6, 6.07) is 4.67. The lowest BCUT2D eigenvalue weighted by Gasteiger charge is -2.05. The fourth-order valence-electron chi connectivity index (χ4n) is 1.05. The number of nitro groups is 1. The predicted octanol–water partition coefficient (Wildman–Crippen LogP) is 2.93. The van der Waals surface area contributed by atoms with Gasteiger partial charge in [0.2, 0.25) is 0 Å². The number of thioether (sulfide) groups is 1. The number of benzene rings is 1. The van der Waals surface area contributed by atoms with E-state index in [0.29, 0.717) is 16.5 Å². The molecular formula is C10H14N2O2S. The molecule has 0 unspecified atom stereocenters. The monoisotopic (exact) mass is 226 g/mol. The van der Waals surface area contributed by atoms with Gasteiger partial charge >= 0.3 is 0 Å². The number of rotatable bonds is 4. The van der Waals surface area contributed by atoms with E-state index in [2.05, 4.69) is 13.8 Å². The van der Waals surface area contributed by atoms with Gasteiger partial charge in [0.05, 0.1) is 9.82 Å². The van der Waals surface area contributed by atoms with Crippen molar-refractivity contribution in [2.24, 2.45) is 5.92 Å². The first kappa shape index (κ1) is 11.8. The summed E-state index contributed by atoms with van der Waals surface area (Å²) in [5.74, 6) is 1.35. The third-order valence-corrected chi connectivity index (χ3v) is 3.22. The van der Waals surface area contributed by atoms with Crippen LogP contribution < -0.4 is 5.73 Å². The van der Waals surface area contributed by atoms with E-state index in [0.717, 1.165) is 5.75 Å². The van der Waals surface area contributed by atoms with Gasteiger partial charge in [-0.05, 0) is 18.1 Å². The van der Waals surface area contributed by atoms with Gasteiger partial charge in [0.25, 0.3) is 5.69 Å². The summed E-state index contributed by atoms with van der Waals surface area (Å²) in [6.07, 6.45) is 0. The van der Waals surface area contributed by atoms with E-state index >= 15 is 0 Å². The van der Waals surface area contributed by atoms with Crippen molar-refractivity contribution in [1.29, 1.82) is 0 Å². The molecule has 2 N–H and O–H groups in total. The van der Waals surface area contributed by atoms with Crippen LogP contribution in [0, 0.1) is 16.0 Å². The zero-order valence-electron chi connectivity index (χ0n) is 8.77. The van der Waals surface area contributed by atoms with E-state index in [-0.39, 0.29) is 10.6 Å². The molecule has 15 heavy (non-hydrogen) atoms. The highest BCUT2D eigenvalue weighted by molar-refractivity contribution is 7.99. The van der Waals surface area contributed by atoms with Crippen LogP contribution in [0.25, 0.3) is 0 Å². The van der Waals surface area contributed by atoms with Gasteiger partial charge in [-0.2, -0.15) is 0 Å². The molecule has 0 atom stereocenters. The highest BCUT2D eigenvalue weighted by Gasteiger charge is 2.14. The van der Waals surface area contributed by atoms with E-state index in [1.165, 1.54) is 17.8 Å². The lowest BCUT2D eigenvalue weighted by atomic mass is 10.3. The summed E-state index contributed by atoms with van der Waals surface area (Å²) in [5.41, 5.74) is 6.29. The third-order valence-electron chi connectivity index (χ3n) is 1.75. The minimum atomic E-state index is -0.373. The molecule has 0 fully saturated rings. The number of nitrogen functional groups attached to an aromatic ring is 1. The van der Waals surface area contributed by atoms with Crippen LogP contribution in [0.3, 0.4) is 0 Å². The van der Waals surface area contributed by atoms with Gasteiger partial charge in [-0.1, -0.05) is 13.8 Å². The van der Waals surface area contributed by atoms with Crippen molar-refractivity contribution in [2.45, 2.75) is 18.7 Å². The van der Waals surface area contributed by atoms with E-state index in [1.807, 2.05) is 0 Å². The number of nitrogens with two attached hydrogens (primary N) is 1. The predicted molar refractivity (Wildman–Crippen MR) is 63.1 cm³/mol. The fraction of sp³-hybridized carbons (Fsp3) is 0.400. The van der Waals surface area contributed by atoms with Crippen LogP contribution in [-0.4, -0.2) is 10.7 Å². The van der Waals surface area contributed by atoms with E-state index in [9.17, 15) is 10.1 Å². The zero-order valence-corrected chi connectivity index (χ0v) is 9.58. The summed E-state index contributed by atoms with van der Waals surface area (Å²) in [6.45, 7) is 4.15. The molecular weight excluding hydrogens is 212 g/mol. The third kappa shape index (κ3) is 3.43. The second-order valence-electron chi connectivity index (χ2n) is 3.69. The van der Waals surface area contributed by atoms with Gasteiger partial charge in [0.1, 0.15) is 0 Å². The Balaban J connectivity index is 2.92. The first-order valence-electron chi connectivity index (χ1n) is 4.67. The average molecular weight is 226 g/mol. The Morgan fingerprint density at radius 2 is 2.20 bits per heavy atom. The highest BCUT2D eigenvalue weighted by atomic mass is 32.2. The van der Waals surface area contributed by atoms with Crippen molar-refractivity contribution in [1.82, 2.24) is 0 Å². The number of hydrogen-bond donors (Lipinski definition) is 1. The maximum absolute atomic E-state index is 10.7. The van der Waals surface area contributed by atoms with Crippen molar-refractivity contribution < 1.29 is 4.92 Å². The van der Waals surface area contributed by atoms with Crippen molar-refractivity contribution in [3.63, 3.8) is 0 Å². The topological polar surface area (TPSA) is 69.2 Å². The van der Waals surface area contributed by atoms with Crippen molar-refractivity contribution in [3.8, 4) is 0 Å². The van der Waals surface area contributed by atoms with Gasteiger partial charge in [-0.3, -0.25) is 10.1 Å². The summed E-state index contributed by atoms with van der Waals surface area (Å²) in [4.78, 5) is 11.0. The molecule has 0 amide bonds. The van der Waals surface area contributed by atoms with E-state index in [1.54, 1.807) is 12.1 Å². The highest BCUT2D eigenvalue weighted by Crippen LogP contribution is 2.31. The molecule has 0 heterocycles. The molecule has 1 aromatic carbocycles. The maximum Gasteiger partial charge on any atom is 0.283 e. The van der Waals surface area contributed by atoms with Crippen LogP contribution in [-0.2, 0) is 0 Å². The molecule has 0 saturated heterocycles. The van der Waals surface area contributed by atoms with Crippen molar-refractivity contribution >= 4 is 23.1 Å².